The molecule has 0 aliphatic carbocycles. The Bertz CT molecular complexity index is 1080. The zero-order valence-electron chi connectivity index (χ0n) is 17.0. The maximum Gasteiger partial charge on any atom is 0.338 e. The molecule has 0 radical (unpaired) electrons. The number of nitro groups is 1. The van der Waals surface area contributed by atoms with Gasteiger partial charge in [-0.2, -0.15) is 0 Å². The first-order chi connectivity index (χ1) is 14.7. The first kappa shape index (κ1) is 22.7. The third kappa shape index (κ3) is 5.37. The summed E-state index contributed by atoms with van der Waals surface area (Å²) in [6, 6.07) is 7.75. The van der Waals surface area contributed by atoms with Crippen LogP contribution in [0.25, 0.3) is 0 Å². The molecule has 0 saturated carbocycles. The number of carbonyl (C=O) groups excluding carboxylic acids is 1. The van der Waals surface area contributed by atoms with Crippen molar-refractivity contribution in [3.05, 3.63) is 63.2 Å². The molecule has 0 amide bonds. The summed E-state index contributed by atoms with van der Waals surface area (Å²) in [6.07, 6.45) is 0.640. The lowest BCUT2D eigenvalue weighted by Gasteiger charge is -2.20. The number of nitro benzene ring substituents is 1. The molecule has 0 aromatic heterocycles. The molecule has 31 heavy (non-hydrogen) atoms. The van der Waals surface area contributed by atoms with E-state index in [2.05, 4.69) is 4.72 Å². The van der Waals surface area contributed by atoms with E-state index in [1.807, 2.05) is 6.92 Å². The van der Waals surface area contributed by atoms with Crippen molar-refractivity contribution in [3.8, 4) is 5.75 Å². The molecule has 1 unspecified atom stereocenters. The average molecular weight is 450 g/mol. The molecule has 3 rings (SSSR count). The van der Waals surface area contributed by atoms with Crippen LogP contribution >= 0.6 is 0 Å². The number of ether oxygens (including phenoxy) is 3. The minimum absolute atomic E-state index is 0.00756. The Hall–Kier alpha value is -3.02. The Labute approximate surface area is 179 Å². The molecule has 1 heterocycles. The fraction of sp³-hybridized carbons (Fsp3) is 0.350. The molecule has 0 spiro atoms. The van der Waals surface area contributed by atoms with E-state index in [9.17, 15) is 23.3 Å². The Morgan fingerprint density at radius 2 is 2.00 bits per heavy atom. The van der Waals surface area contributed by atoms with Crippen molar-refractivity contribution in [2.24, 2.45) is 0 Å². The van der Waals surface area contributed by atoms with Gasteiger partial charge in [-0.3, -0.25) is 10.1 Å². The molecule has 10 nitrogen and oxygen atoms in total. The minimum atomic E-state index is -3.69. The Morgan fingerprint density at radius 1 is 1.29 bits per heavy atom. The molecule has 0 fully saturated rings. The molecule has 2 aromatic carbocycles. The first-order valence-corrected chi connectivity index (χ1v) is 11.0. The van der Waals surface area contributed by atoms with Crippen molar-refractivity contribution in [2.45, 2.75) is 44.4 Å². The van der Waals surface area contributed by atoms with Crippen molar-refractivity contribution >= 4 is 21.7 Å². The summed E-state index contributed by atoms with van der Waals surface area (Å²) >= 11 is 0. The Morgan fingerprint density at radius 3 is 2.65 bits per heavy atom. The SMILES string of the molecule is CCC(C)NS(=O)(=O)c1ccc(C(=O)OCc2cc([N+](=O)[O-])cc3c2OCOC3)cc1. The van der Waals surface area contributed by atoms with E-state index in [-0.39, 0.29) is 42.2 Å². The third-order valence-corrected chi connectivity index (χ3v) is 6.32. The molecule has 1 aliphatic heterocycles. The number of non-ortho nitro benzene ring substituents is 1. The summed E-state index contributed by atoms with van der Waals surface area (Å²) in [4.78, 5) is 23.0. The molecule has 166 valence electrons. The van der Waals surface area contributed by atoms with Crippen molar-refractivity contribution in [2.75, 3.05) is 6.79 Å². The monoisotopic (exact) mass is 450 g/mol. The van der Waals surface area contributed by atoms with Crippen LogP contribution in [0.3, 0.4) is 0 Å². The number of sulfonamides is 1. The van der Waals surface area contributed by atoms with Crippen molar-refractivity contribution in [1.29, 1.82) is 0 Å². The highest BCUT2D eigenvalue weighted by molar-refractivity contribution is 7.89. The molecular weight excluding hydrogens is 428 g/mol. The standard InChI is InChI=1S/C20H22N2O8S/c1-3-13(2)21-31(26,27)18-6-4-14(5-7-18)20(23)29-11-16-9-17(22(24)25)8-15-10-28-12-30-19(15)16/h4-9,13,21H,3,10-12H2,1-2H3. The van der Waals surface area contributed by atoms with Gasteiger partial charge in [0.25, 0.3) is 5.69 Å². The van der Waals surface area contributed by atoms with Crippen molar-refractivity contribution in [1.82, 2.24) is 4.72 Å². The normalized spacial score (nSPS) is 14.3. The average Bonchev–Trinajstić information content (AvgIpc) is 2.76. The predicted octanol–water partition coefficient (Wildman–Crippen LogP) is 2.90. The topological polar surface area (TPSA) is 134 Å². The van der Waals surface area contributed by atoms with Gasteiger partial charge in [0, 0.05) is 29.3 Å². The molecule has 1 aliphatic rings. The van der Waals surface area contributed by atoms with E-state index in [1.165, 1.54) is 36.4 Å². The summed E-state index contributed by atoms with van der Waals surface area (Å²) in [5.41, 5.74) is 0.820. The molecule has 0 saturated heterocycles. The second-order valence-corrected chi connectivity index (χ2v) is 8.71. The number of hydrogen-bond donors (Lipinski definition) is 1. The molecule has 1 N–H and O–H groups in total. The van der Waals surface area contributed by atoms with Crippen LogP contribution in [0.15, 0.2) is 41.3 Å². The molecular formula is C20H22N2O8S. The van der Waals surface area contributed by atoms with Crippen LogP contribution in [0.4, 0.5) is 5.69 Å². The largest absolute Gasteiger partial charge is 0.467 e. The van der Waals surface area contributed by atoms with Gasteiger partial charge in [-0.25, -0.2) is 17.9 Å². The number of hydrogen-bond acceptors (Lipinski definition) is 8. The highest BCUT2D eigenvalue weighted by Crippen LogP contribution is 2.33. The van der Waals surface area contributed by atoms with E-state index >= 15 is 0 Å². The lowest BCUT2D eigenvalue weighted by atomic mass is 10.1. The van der Waals surface area contributed by atoms with Gasteiger partial charge in [0.2, 0.25) is 10.0 Å². The van der Waals surface area contributed by atoms with Gasteiger partial charge in [-0.05, 0) is 37.6 Å². The zero-order chi connectivity index (χ0) is 22.6. The molecule has 2 aromatic rings. The van der Waals surface area contributed by atoms with Gasteiger partial charge < -0.3 is 14.2 Å². The summed E-state index contributed by atoms with van der Waals surface area (Å²) in [5.74, 6) is -0.312. The highest BCUT2D eigenvalue weighted by atomic mass is 32.2. The van der Waals surface area contributed by atoms with Crippen LogP contribution in [0.5, 0.6) is 5.75 Å². The number of carbonyl (C=O) groups is 1. The smallest absolute Gasteiger partial charge is 0.338 e. The zero-order valence-corrected chi connectivity index (χ0v) is 17.8. The number of nitrogens with one attached hydrogen (secondary N) is 1. The number of esters is 1. The predicted molar refractivity (Wildman–Crippen MR) is 109 cm³/mol. The number of nitrogens with zero attached hydrogens (tertiary/aromatic N) is 1. The van der Waals surface area contributed by atoms with Crippen molar-refractivity contribution in [3.63, 3.8) is 0 Å². The fourth-order valence-electron chi connectivity index (χ4n) is 2.91. The van der Waals surface area contributed by atoms with Gasteiger partial charge in [-0.1, -0.05) is 6.92 Å². The highest BCUT2D eigenvalue weighted by Gasteiger charge is 2.22. The maximum atomic E-state index is 12.4. The Kier molecular flexibility index (Phi) is 6.88. The number of rotatable bonds is 8. The van der Waals surface area contributed by atoms with Crippen LogP contribution in [0.2, 0.25) is 0 Å². The maximum absolute atomic E-state index is 12.4. The summed E-state index contributed by atoms with van der Waals surface area (Å²) in [5, 5.41) is 11.2. The van der Waals surface area contributed by atoms with E-state index in [0.29, 0.717) is 23.3 Å². The fourth-order valence-corrected chi connectivity index (χ4v) is 4.23. The van der Waals surface area contributed by atoms with Crippen LogP contribution in [0.1, 0.15) is 41.8 Å². The van der Waals surface area contributed by atoms with Gasteiger partial charge in [0.05, 0.1) is 22.0 Å². The van der Waals surface area contributed by atoms with Gasteiger partial charge in [0.15, 0.2) is 6.79 Å². The molecule has 11 heteroatoms. The molecule has 0 bridgehead atoms. The van der Waals surface area contributed by atoms with Crippen LogP contribution in [-0.2, 0) is 32.7 Å². The first-order valence-electron chi connectivity index (χ1n) is 9.51. The minimum Gasteiger partial charge on any atom is -0.467 e. The van der Waals surface area contributed by atoms with E-state index in [1.54, 1.807) is 6.92 Å². The lowest BCUT2D eigenvalue weighted by molar-refractivity contribution is -0.385. The van der Waals surface area contributed by atoms with E-state index in [4.69, 9.17) is 14.2 Å². The summed E-state index contributed by atoms with van der Waals surface area (Å²) in [6.45, 7) is 3.51. The van der Waals surface area contributed by atoms with Gasteiger partial charge >= 0.3 is 5.97 Å². The number of benzene rings is 2. The lowest BCUT2D eigenvalue weighted by Crippen LogP contribution is -2.32. The second kappa shape index (κ2) is 9.41. The summed E-state index contributed by atoms with van der Waals surface area (Å²) in [7, 11) is -3.69. The van der Waals surface area contributed by atoms with Crippen LogP contribution in [-0.4, -0.2) is 32.1 Å². The number of fused-ring (bicyclic) bond motifs is 1. The second-order valence-electron chi connectivity index (χ2n) is 6.99. The van der Waals surface area contributed by atoms with Crippen LogP contribution in [0, 0.1) is 10.1 Å². The summed E-state index contributed by atoms with van der Waals surface area (Å²) < 4.78 is 43.0. The van der Waals surface area contributed by atoms with E-state index in [0.717, 1.165) is 0 Å². The third-order valence-electron chi connectivity index (χ3n) is 4.71. The van der Waals surface area contributed by atoms with Gasteiger partial charge in [-0.15, -0.1) is 0 Å². The Balaban J connectivity index is 1.73. The molecule has 1 atom stereocenters. The van der Waals surface area contributed by atoms with Crippen LogP contribution < -0.4 is 9.46 Å². The quantitative estimate of drug-likeness (QED) is 0.369. The van der Waals surface area contributed by atoms with E-state index < -0.39 is 20.9 Å². The van der Waals surface area contributed by atoms with Crippen molar-refractivity contribution < 1.29 is 32.3 Å². The van der Waals surface area contributed by atoms with Gasteiger partial charge in [0.1, 0.15) is 12.4 Å².